The van der Waals surface area contributed by atoms with Crippen LogP contribution in [0.3, 0.4) is 0 Å². The van der Waals surface area contributed by atoms with Gasteiger partial charge in [0, 0.05) is 16.9 Å². The minimum Gasteiger partial charge on any atom is -0.550 e. The van der Waals surface area contributed by atoms with Crippen molar-refractivity contribution in [2.24, 2.45) is 0 Å². The Bertz CT molecular complexity index is 641. The largest absolute Gasteiger partial charge is 0.550 e. The number of rotatable bonds is 4. The van der Waals surface area contributed by atoms with Crippen molar-refractivity contribution < 1.29 is 29.4 Å². The highest BCUT2D eigenvalue weighted by atomic mass is 79.9. The Hall–Kier alpha value is -2.22. The summed E-state index contributed by atoms with van der Waals surface area (Å²) in [5.74, 6) is -5.27. The van der Waals surface area contributed by atoms with E-state index in [0.717, 1.165) is 0 Å². The molecule has 0 bridgehead atoms. The molecule has 2 amide bonds. The Kier molecular flexibility index (Phi) is 3.58. The monoisotopic (exact) mass is 339 g/mol. The van der Waals surface area contributed by atoms with Gasteiger partial charge in [0.1, 0.15) is 0 Å². The smallest absolute Gasteiger partial charge is 0.262 e. The van der Waals surface area contributed by atoms with Crippen LogP contribution < -0.4 is 10.2 Å². The molecule has 0 fully saturated rings. The molecule has 1 aromatic rings. The fraction of sp³-hybridized carbons (Fsp3) is 0.167. The Morgan fingerprint density at radius 2 is 1.75 bits per heavy atom. The van der Waals surface area contributed by atoms with E-state index in [4.69, 9.17) is 0 Å². The first-order valence-corrected chi connectivity index (χ1v) is 6.20. The van der Waals surface area contributed by atoms with Crippen molar-refractivity contribution in [1.29, 1.82) is 0 Å². The molecule has 1 aliphatic heterocycles. The maximum Gasteiger partial charge on any atom is 0.262 e. The van der Waals surface area contributed by atoms with E-state index in [-0.39, 0.29) is 11.1 Å². The van der Waals surface area contributed by atoms with Gasteiger partial charge in [0.25, 0.3) is 11.8 Å². The average Bonchev–Trinajstić information content (AvgIpc) is 2.58. The Morgan fingerprint density at radius 3 is 2.30 bits per heavy atom. The average molecular weight is 340 g/mol. The molecule has 1 aliphatic rings. The summed E-state index contributed by atoms with van der Waals surface area (Å²) in [4.78, 5) is 46.0. The number of carboxylic acids is 2. The van der Waals surface area contributed by atoms with E-state index in [1.165, 1.54) is 18.2 Å². The topological polar surface area (TPSA) is 118 Å². The molecule has 1 atom stereocenters. The van der Waals surface area contributed by atoms with E-state index in [1.54, 1.807) is 0 Å². The van der Waals surface area contributed by atoms with Gasteiger partial charge in [-0.25, -0.2) is 0 Å². The van der Waals surface area contributed by atoms with Crippen molar-refractivity contribution >= 4 is 39.7 Å². The predicted octanol–water partition coefficient (Wildman–Crippen LogP) is -1.70. The van der Waals surface area contributed by atoms with E-state index in [1.807, 2.05) is 0 Å². The van der Waals surface area contributed by atoms with Crippen LogP contribution in [-0.4, -0.2) is 34.7 Å². The maximum atomic E-state index is 12.1. The van der Waals surface area contributed by atoms with Crippen LogP contribution in [0.25, 0.3) is 0 Å². The molecule has 0 saturated heterocycles. The molecular formula is C12H6BrNO6-2. The maximum absolute atomic E-state index is 12.1. The lowest BCUT2D eigenvalue weighted by Gasteiger charge is -2.27. The van der Waals surface area contributed by atoms with Crippen LogP contribution >= 0.6 is 15.9 Å². The molecule has 0 aromatic heterocycles. The summed E-state index contributed by atoms with van der Waals surface area (Å²) in [5, 5.41) is 21.5. The molecule has 0 saturated carbocycles. The van der Waals surface area contributed by atoms with Crippen LogP contribution in [-0.2, 0) is 9.59 Å². The lowest BCUT2D eigenvalue weighted by molar-refractivity contribution is -0.319. The zero-order valence-electron chi connectivity index (χ0n) is 9.79. The number of carbonyl (C=O) groups excluding carboxylic acids is 4. The number of fused-ring (bicyclic) bond motifs is 1. The highest BCUT2D eigenvalue weighted by Crippen LogP contribution is 2.28. The van der Waals surface area contributed by atoms with Crippen molar-refractivity contribution in [2.75, 3.05) is 0 Å². The lowest BCUT2D eigenvalue weighted by atomic mass is 10.1. The van der Waals surface area contributed by atoms with Gasteiger partial charge in [0.05, 0.1) is 23.1 Å². The van der Waals surface area contributed by atoms with Crippen molar-refractivity contribution in [3.05, 3.63) is 33.8 Å². The summed E-state index contributed by atoms with van der Waals surface area (Å²) >= 11 is 3.12. The molecule has 2 rings (SSSR count). The SMILES string of the molecule is O=C([O-])C[C@H](C(=O)[O-])N1C(=O)c2ccc(Br)cc2C1=O. The molecule has 0 N–H and O–H groups in total. The van der Waals surface area contributed by atoms with Gasteiger partial charge < -0.3 is 19.8 Å². The molecule has 0 spiro atoms. The van der Waals surface area contributed by atoms with Gasteiger partial charge in [-0.05, 0) is 18.2 Å². The number of carbonyl (C=O) groups is 4. The number of carboxylic acid groups (broad SMARTS) is 2. The fourth-order valence-corrected chi connectivity index (χ4v) is 2.31. The standard InChI is InChI=1S/C12H8BrNO6/c13-5-1-2-6-7(3-5)11(18)14(10(6)17)8(12(19)20)4-9(15)16/h1-3,8H,4H2,(H,15,16)(H,19,20)/p-2/t8-/m1/s1. The quantitative estimate of drug-likeness (QED) is 0.603. The van der Waals surface area contributed by atoms with Crippen LogP contribution in [0.1, 0.15) is 27.1 Å². The number of nitrogens with zero attached hydrogens (tertiary/aromatic N) is 1. The number of aliphatic carboxylic acids is 2. The molecule has 0 unspecified atom stereocenters. The molecule has 20 heavy (non-hydrogen) atoms. The first-order valence-electron chi connectivity index (χ1n) is 5.41. The molecular weight excluding hydrogens is 334 g/mol. The summed E-state index contributed by atoms with van der Waals surface area (Å²) in [6.45, 7) is 0. The molecule has 7 nitrogen and oxygen atoms in total. The van der Waals surface area contributed by atoms with E-state index < -0.39 is 36.2 Å². The first-order chi connectivity index (χ1) is 9.32. The normalized spacial score (nSPS) is 15.2. The number of halogens is 1. The third-order valence-electron chi connectivity index (χ3n) is 2.82. The van der Waals surface area contributed by atoms with Gasteiger partial charge in [-0.3, -0.25) is 14.5 Å². The van der Waals surface area contributed by atoms with E-state index in [9.17, 15) is 29.4 Å². The Morgan fingerprint density at radius 1 is 1.15 bits per heavy atom. The van der Waals surface area contributed by atoms with Gasteiger partial charge in [-0.1, -0.05) is 15.9 Å². The van der Waals surface area contributed by atoms with Crippen molar-refractivity contribution in [3.8, 4) is 0 Å². The summed E-state index contributed by atoms with van der Waals surface area (Å²) in [5.41, 5.74) is 0.0248. The summed E-state index contributed by atoms with van der Waals surface area (Å²) in [7, 11) is 0. The predicted molar refractivity (Wildman–Crippen MR) is 63.1 cm³/mol. The minimum atomic E-state index is -1.90. The second-order valence-electron chi connectivity index (χ2n) is 4.08. The number of hydrogen-bond donors (Lipinski definition) is 0. The third-order valence-corrected chi connectivity index (χ3v) is 3.32. The molecule has 1 aromatic carbocycles. The fourth-order valence-electron chi connectivity index (χ4n) is 1.95. The lowest BCUT2D eigenvalue weighted by Crippen LogP contribution is -2.52. The Labute approximate surface area is 120 Å². The summed E-state index contributed by atoms with van der Waals surface area (Å²) in [6.07, 6.45) is -1.02. The van der Waals surface area contributed by atoms with Crippen LogP contribution in [0.2, 0.25) is 0 Å². The number of amides is 2. The zero-order chi connectivity index (χ0) is 15.0. The molecule has 1 heterocycles. The molecule has 0 radical (unpaired) electrons. The van der Waals surface area contributed by atoms with Gasteiger partial charge in [-0.15, -0.1) is 0 Å². The van der Waals surface area contributed by atoms with Crippen LogP contribution in [0.4, 0.5) is 0 Å². The van der Waals surface area contributed by atoms with E-state index >= 15 is 0 Å². The van der Waals surface area contributed by atoms with Crippen LogP contribution in [0.15, 0.2) is 22.7 Å². The zero-order valence-corrected chi connectivity index (χ0v) is 11.4. The third kappa shape index (κ3) is 2.29. The summed E-state index contributed by atoms with van der Waals surface area (Å²) < 4.78 is 0.532. The molecule has 0 aliphatic carbocycles. The minimum absolute atomic E-state index is 0.00831. The van der Waals surface area contributed by atoms with E-state index in [0.29, 0.717) is 9.37 Å². The highest BCUT2D eigenvalue weighted by molar-refractivity contribution is 9.10. The second-order valence-corrected chi connectivity index (χ2v) is 5.00. The van der Waals surface area contributed by atoms with E-state index in [2.05, 4.69) is 15.9 Å². The van der Waals surface area contributed by atoms with Gasteiger partial charge in [-0.2, -0.15) is 0 Å². The van der Waals surface area contributed by atoms with Gasteiger partial charge >= 0.3 is 0 Å². The Balaban J connectivity index is 2.45. The number of imide groups is 1. The second kappa shape index (κ2) is 5.04. The van der Waals surface area contributed by atoms with Crippen molar-refractivity contribution in [2.45, 2.75) is 12.5 Å². The highest BCUT2D eigenvalue weighted by Gasteiger charge is 2.40. The molecule has 104 valence electrons. The van der Waals surface area contributed by atoms with Gasteiger partial charge in [0.2, 0.25) is 0 Å². The summed E-state index contributed by atoms with van der Waals surface area (Å²) in [6, 6.07) is 2.33. The van der Waals surface area contributed by atoms with Crippen LogP contribution in [0.5, 0.6) is 0 Å². The van der Waals surface area contributed by atoms with Crippen molar-refractivity contribution in [3.63, 3.8) is 0 Å². The number of hydrogen-bond acceptors (Lipinski definition) is 6. The number of benzene rings is 1. The molecule has 8 heteroatoms. The van der Waals surface area contributed by atoms with Gasteiger partial charge in [0.15, 0.2) is 0 Å². The first kappa shape index (κ1) is 14.2. The van der Waals surface area contributed by atoms with Crippen LogP contribution in [0, 0.1) is 0 Å². The van der Waals surface area contributed by atoms with Crippen molar-refractivity contribution in [1.82, 2.24) is 4.90 Å².